The molecule has 2 aromatic heterocycles. The molecule has 8 heteroatoms. The van der Waals surface area contributed by atoms with E-state index >= 15 is 0 Å². The first-order valence-electron chi connectivity index (χ1n) is 5.49. The second-order valence-corrected chi connectivity index (χ2v) is 5.12. The Balaban J connectivity index is 2.04. The molecule has 0 aliphatic rings. The van der Waals surface area contributed by atoms with E-state index in [0.29, 0.717) is 10.6 Å². The average molecular weight is 280 g/mol. The van der Waals surface area contributed by atoms with Gasteiger partial charge in [-0.05, 0) is 6.92 Å². The van der Waals surface area contributed by atoms with E-state index in [1.807, 2.05) is 0 Å². The van der Waals surface area contributed by atoms with Crippen molar-refractivity contribution in [2.24, 2.45) is 0 Å². The van der Waals surface area contributed by atoms with Gasteiger partial charge in [-0.1, -0.05) is 0 Å². The van der Waals surface area contributed by atoms with Crippen molar-refractivity contribution in [3.63, 3.8) is 0 Å². The summed E-state index contributed by atoms with van der Waals surface area (Å²) in [6, 6.07) is -1.00. The summed E-state index contributed by atoms with van der Waals surface area (Å²) in [6.07, 6.45) is 4.57. The molecule has 0 saturated heterocycles. The van der Waals surface area contributed by atoms with Crippen molar-refractivity contribution in [1.82, 2.24) is 20.3 Å². The number of aromatic amines is 1. The summed E-state index contributed by atoms with van der Waals surface area (Å²) in [5.41, 5.74) is 0.646. The van der Waals surface area contributed by atoms with Crippen LogP contribution in [-0.2, 0) is 11.2 Å². The van der Waals surface area contributed by atoms with E-state index in [2.05, 4.69) is 20.3 Å². The lowest BCUT2D eigenvalue weighted by atomic mass is 10.1. The number of hydrogen-bond donors (Lipinski definition) is 3. The zero-order chi connectivity index (χ0) is 13.8. The second-order valence-electron chi connectivity index (χ2n) is 3.89. The Hall–Kier alpha value is -2.22. The summed E-state index contributed by atoms with van der Waals surface area (Å²) in [7, 11) is 0. The number of thiazole rings is 1. The molecule has 0 fully saturated rings. The SMILES string of the molecule is Cc1ncc(C(=O)N[C@@H](Cc2cnc[nH]2)C(=O)O)s1. The van der Waals surface area contributed by atoms with Crippen molar-refractivity contribution in [2.75, 3.05) is 0 Å². The Labute approximate surface area is 112 Å². The van der Waals surface area contributed by atoms with Crippen LogP contribution in [0.1, 0.15) is 20.4 Å². The van der Waals surface area contributed by atoms with Crippen molar-refractivity contribution >= 4 is 23.2 Å². The summed E-state index contributed by atoms with van der Waals surface area (Å²) in [5.74, 6) is -1.53. The number of aromatic nitrogens is 3. The number of nitrogens with zero attached hydrogens (tertiary/aromatic N) is 2. The van der Waals surface area contributed by atoms with Gasteiger partial charge in [-0.3, -0.25) is 4.79 Å². The molecule has 0 aliphatic carbocycles. The summed E-state index contributed by atoms with van der Waals surface area (Å²) >= 11 is 1.22. The number of rotatable bonds is 5. The number of H-pyrrole nitrogens is 1. The zero-order valence-electron chi connectivity index (χ0n) is 10.1. The van der Waals surface area contributed by atoms with Gasteiger partial charge in [-0.25, -0.2) is 14.8 Å². The lowest BCUT2D eigenvalue weighted by Gasteiger charge is -2.12. The number of hydrogen-bond acceptors (Lipinski definition) is 5. The Kier molecular flexibility index (Phi) is 3.91. The minimum absolute atomic E-state index is 0.152. The van der Waals surface area contributed by atoms with E-state index in [1.54, 1.807) is 6.92 Å². The van der Waals surface area contributed by atoms with Crippen LogP contribution >= 0.6 is 11.3 Å². The van der Waals surface area contributed by atoms with Crippen molar-refractivity contribution < 1.29 is 14.7 Å². The standard InChI is InChI=1S/C11H12N4O3S/c1-6-13-4-9(19-6)10(16)15-8(11(17)18)2-7-3-12-5-14-7/h3-5,8H,2H2,1H3,(H,12,14)(H,15,16)(H,17,18)/t8-/m0/s1. The molecule has 3 N–H and O–H groups in total. The van der Waals surface area contributed by atoms with Gasteiger partial charge >= 0.3 is 5.97 Å². The Morgan fingerprint density at radius 3 is 2.84 bits per heavy atom. The third kappa shape index (κ3) is 3.38. The topological polar surface area (TPSA) is 108 Å². The molecule has 1 atom stereocenters. The number of carboxylic acid groups (broad SMARTS) is 1. The fraction of sp³-hybridized carbons (Fsp3) is 0.273. The van der Waals surface area contributed by atoms with Crippen LogP contribution in [0, 0.1) is 6.92 Å². The highest BCUT2D eigenvalue weighted by Crippen LogP contribution is 2.11. The largest absolute Gasteiger partial charge is 0.480 e. The third-order valence-electron chi connectivity index (χ3n) is 2.43. The number of amides is 1. The van der Waals surface area contributed by atoms with Gasteiger partial charge in [0.1, 0.15) is 10.9 Å². The van der Waals surface area contributed by atoms with E-state index in [4.69, 9.17) is 5.11 Å². The molecular formula is C11H12N4O3S. The number of imidazole rings is 1. The van der Waals surface area contributed by atoms with E-state index in [0.717, 1.165) is 5.01 Å². The van der Waals surface area contributed by atoms with Crippen LogP contribution in [0.2, 0.25) is 0 Å². The molecule has 2 rings (SSSR count). The Morgan fingerprint density at radius 2 is 2.32 bits per heavy atom. The highest BCUT2D eigenvalue weighted by atomic mass is 32.1. The summed E-state index contributed by atoms with van der Waals surface area (Å²) < 4.78 is 0. The van der Waals surface area contributed by atoms with Crippen LogP contribution in [-0.4, -0.2) is 38.0 Å². The predicted molar refractivity (Wildman–Crippen MR) is 68.0 cm³/mol. The molecule has 0 spiro atoms. The summed E-state index contributed by atoms with van der Waals surface area (Å²) in [5, 5.41) is 12.3. The number of nitrogens with one attached hydrogen (secondary N) is 2. The molecule has 7 nitrogen and oxygen atoms in total. The average Bonchev–Trinajstić information content (AvgIpc) is 2.99. The van der Waals surface area contributed by atoms with Crippen molar-refractivity contribution in [1.29, 1.82) is 0 Å². The first-order chi connectivity index (χ1) is 9.06. The summed E-state index contributed by atoms with van der Waals surface area (Å²) in [4.78, 5) is 34.0. The normalized spacial score (nSPS) is 12.1. The van der Waals surface area contributed by atoms with Gasteiger partial charge < -0.3 is 15.4 Å². The number of carbonyl (C=O) groups excluding carboxylic acids is 1. The molecule has 0 radical (unpaired) electrons. The number of aliphatic carboxylic acids is 1. The molecule has 1 amide bonds. The van der Waals surface area contributed by atoms with E-state index < -0.39 is 17.9 Å². The van der Waals surface area contributed by atoms with E-state index in [-0.39, 0.29) is 6.42 Å². The third-order valence-corrected chi connectivity index (χ3v) is 3.34. The van der Waals surface area contributed by atoms with Crippen LogP contribution in [0.4, 0.5) is 0 Å². The van der Waals surface area contributed by atoms with Gasteiger partial charge in [0.25, 0.3) is 5.91 Å². The first-order valence-corrected chi connectivity index (χ1v) is 6.31. The Bertz CT molecular complexity index is 579. The van der Waals surface area contributed by atoms with Crippen LogP contribution < -0.4 is 5.32 Å². The fourth-order valence-corrected chi connectivity index (χ4v) is 2.19. The molecule has 0 aliphatic heterocycles. The van der Waals surface area contributed by atoms with Crippen LogP contribution in [0.3, 0.4) is 0 Å². The second kappa shape index (κ2) is 5.61. The van der Waals surface area contributed by atoms with E-state index in [9.17, 15) is 9.59 Å². The van der Waals surface area contributed by atoms with Crippen molar-refractivity contribution in [3.8, 4) is 0 Å². The molecule has 100 valence electrons. The molecular weight excluding hydrogens is 268 g/mol. The minimum Gasteiger partial charge on any atom is -0.480 e. The van der Waals surface area contributed by atoms with Crippen LogP contribution in [0.15, 0.2) is 18.7 Å². The molecule has 0 saturated carbocycles. The zero-order valence-corrected chi connectivity index (χ0v) is 10.9. The van der Waals surface area contributed by atoms with Crippen molar-refractivity contribution in [2.45, 2.75) is 19.4 Å². The quantitative estimate of drug-likeness (QED) is 0.743. The van der Waals surface area contributed by atoms with Crippen LogP contribution in [0.5, 0.6) is 0 Å². The Morgan fingerprint density at radius 1 is 1.53 bits per heavy atom. The summed E-state index contributed by atoms with van der Waals surface area (Å²) in [6.45, 7) is 1.78. The molecule has 2 aromatic rings. The smallest absolute Gasteiger partial charge is 0.326 e. The molecule has 0 unspecified atom stereocenters. The van der Waals surface area contributed by atoms with Gasteiger partial charge in [0.05, 0.1) is 17.5 Å². The number of aryl methyl sites for hydroxylation is 1. The molecule has 19 heavy (non-hydrogen) atoms. The van der Waals surface area contributed by atoms with Gasteiger partial charge in [0, 0.05) is 18.3 Å². The maximum Gasteiger partial charge on any atom is 0.326 e. The van der Waals surface area contributed by atoms with Gasteiger partial charge in [-0.15, -0.1) is 11.3 Å². The van der Waals surface area contributed by atoms with Gasteiger partial charge in [-0.2, -0.15) is 0 Å². The highest BCUT2D eigenvalue weighted by Gasteiger charge is 2.22. The predicted octanol–water partition coefficient (Wildman–Crippen LogP) is 0.600. The molecule has 2 heterocycles. The first kappa shape index (κ1) is 13.2. The van der Waals surface area contributed by atoms with E-state index in [1.165, 1.54) is 30.1 Å². The minimum atomic E-state index is -1.09. The maximum absolute atomic E-state index is 11.9. The monoisotopic (exact) mass is 280 g/mol. The highest BCUT2D eigenvalue weighted by molar-refractivity contribution is 7.13. The van der Waals surface area contributed by atoms with Crippen LogP contribution in [0.25, 0.3) is 0 Å². The van der Waals surface area contributed by atoms with Crippen molar-refractivity contribution in [3.05, 3.63) is 34.3 Å². The van der Waals surface area contributed by atoms with Gasteiger partial charge in [0.2, 0.25) is 0 Å². The molecule has 0 bridgehead atoms. The lowest BCUT2D eigenvalue weighted by molar-refractivity contribution is -0.139. The number of carbonyl (C=O) groups is 2. The lowest BCUT2D eigenvalue weighted by Crippen LogP contribution is -2.42. The fourth-order valence-electron chi connectivity index (χ4n) is 1.51. The molecule has 0 aromatic carbocycles. The van der Waals surface area contributed by atoms with Gasteiger partial charge in [0.15, 0.2) is 0 Å². The maximum atomic E-state index is 11.9. The number of carboxylic acids is 1.